The fraction of sp³-hybridized carbons (Fsp3) is 0.286. The molecule has 0 N–H and O–H groups in total. The lowest BCUT2D eigenvalue weighted by molar-refractivity contribution is 0.112. The van der Waals surface area contributed by atoms with Crippen molar-refractivity contribution in [1.29, 1.82) is 0 Å². The van der Waals surface area contributed by atoms with E-state index in [1.807, 2.05) is 30.9 Å². The summed E-state index contributed by atoms with van der Waals surface area (Å²) in [5, 5.41) is 4.89. The Kier molecular flexibility index (Phi) is 3.87. The second-order valence-corrected chi connectivity index (χ2v) is 6.07. The summed E-state index contributed by atoms with van der Waals surface area (Å²) in [4.78, 5) is 12.2. The second kappa shape index (κ2) is 5.40. The molecule has 1 aromatic heterocycles. The Bertz CT molecular complexity index is 543. The molecule has 2 rings (SSSR count). The first kappa shape index (κ1) is 12.9. The van der Waals surface area contributed by atoms with E-state index in [9.17, 15) is 4.79 Å². The summed E-state index contributed by atoms with van der Waals surface area (Å²) in [6.45, 7) is 4.34. The number of carbonyl (C=O) groups excluding carboxylic acids is 1. The van der Waals surface area contributed by atoms with Crippen molar-refractivity contribution in [3.8, 4) is 11.3 Å². The van der Waals surface area contributed by atoms with E-state index in [1.165, 1.54) is 4.90 Å². The van der Waals surface area contributed by atoms with E-state index in [-0.39, 0.29) is 0 Å². The van der Waals surface area contributed by atoms with Gasteiger partial charge in [-0.05, 0) is 12.1 Å². The molecule has 4 heteroatoms. The molecule has 0 bridgehead atoms. The largest absolute Gasteiger partial charge is 0.298 e. The van der Waals surface area contributed by atoms with Crippen LogP contribution in [0.15, 0.2) is 35.4 Å². The molecule has 0 radical (unpaired) electrons. The highest BCUT2D eigenvalue weighted by Gasteiger charge is 2.09. The fourth-order valence-electron chi connectivity index (χ4n) is 1.78. The van der Waals surface area contributed by atoms with Gasteiger partial charge < -0.3 is 0 Å². The molecule has 0 fully saturated rings. The zero-order chi connectivity index (χ0) is 13.1. The van der Waals surface area contributed by atoms with Crippen molar-refractivity contribution < 1.29 is 4.79 Å². The van der Waals surface area contributed by atoms with Crippen LogP contribution in [0, 0.1) is 0 Å². The Morgan fingerprint density at radius 2 is 1.94 bits per heavy atom. The summed E-state index contributed by atoms with van der Waals surface area (Å²) in [5.74, 6) is 0. The van der Waals surface area contributed by atoms with Crippen LogP contribution in [-0.2, 0) is 7.05 Å². The van der Waals surface area contributed by atoms with Gasteiger partial charge in [0.2, 0.25) is 0 Å². The zero-order valence-corrected chi connectivity index (χ0v) is 11.6. The van der Waals surface area contributed by atoms with Crippen LogP contribution in [0.2, 0.25) is 0 Å². The van der Waals surface area contributed by atoms with Crippen molar-refractivity contribution in [2.45, 2.75) is 24.0 Å². The van der Waals surface area contributed by atoms with Gasteiger partial charge in [0.1, 0.15) is 5.69 Å². The quantitative estimate of drug-likeness (QED) is 0.624. The fourth-order valence-corrected chi connectivity index (χ4v) is 2.62. The van der Waals surface area contributed by atoms with Crippen LogP contribution in [0.1, 0.15) is 24.2 Å². The third-order valence-corrected chi connectivity index (χ3v) is 3.50. The predicted molar refractivity (Wildman–Crippen MR) is 75.0 cm³/mol. The van der Waals surface area contributed by atoms with Crippen LogP contribution in [0.25, 0.3) is 11.3 Å². The van der Waals surface area contributed by atoms with Gasteiger partial charge in [-0.25, -0.2) is 0 Å². The first-order valence-corrected chi connectivity index (χ1v) is 6.74. The molecule has 0 atom stereocenters. The minimum atomic E-state index is 0.566. The molecular formula is C14H16N2OS. The number of nitrogens with zero attached hydrogens (tertiary/aromatic N) is 2. The third-order valence-electron chi connectivity index (χ3n) is 2.48. The summed E-state index contributed by atoms with van der Waals surface area (Å²) in [6.07, 6.45) is 2.58. The number of hydrogen-bond acceptors (Lipinski definition) is 3. The number of aromatic nitrogens is 2. The molecule has 1 heterocycles. The Balaban J connectivity index is 2.31. The molecule has 0 aliphatic carbocycles. The molecule has 1 aromatic carbocycles. The maximum atomic E-state index is 11.0. The van der Waals surface area contributed by atoms with E-state index < -0.39 is 0 Å². The van der Waals surface area contributed by atoms with Crippen molar-refractivity contribution in [2.24, 2.45) is 7.05 Å². The topological polar surface area (TPSA) is 34.9 Å². The number of aldehydes is 1. The molecule has 0 aliphatic heterocycles. The van der Waals surface area contributed by atoms with Crippen LogP contribution in [0.3, 0.4) is 0 Å². The summed E-state index contributed by atoms with van der Waals surface area (Å²) in [6, 6.07) is 8.17. The Morgan fingerprint density at radius 3 is 2.50 bits per heavy atom. The van der Waals surface area contributed by atoms with Gasteiger partial charge in [0.05, 0.1) is 5.56 Å². The highest BCUT2D eigenvalue weighted by molar-refractivity contribution is 7.99. The lowest BCUT2D eigenvalue weighted by Crippen LogP contribution is -1.89. The van der Waals surface area contributed by atoms with Gasteiger partial charge in [0.25, 0.3) is 0 Å². The van der Waals surface area contributed by atoms with Crippen molar-refractivity contribution in [1.82, 2.24) is 9.78 Å². The third kappa shape index (κ3) is 2.82. The summed E-state index contributed by atoms with van der Waals surface area (Å²) < 4.78 is 1.66. The molecule has 0 aliphatic rings. The Morgan fingerprint density at radius 1 is 1.28 bits per heavy atom. The predicted octanol–water partition coefficient (Wildman–Crippen LogP) is 3.40. The number of rotatable bonds is 4. The van der Waals surface area contributed by atoms with Gasteiger partial charge in [-0.3, -0.25) is 9.48 Å². The van der Waals surface area contributed by atoms with E-state index in [0.29, 0.717) is 10.8 Å². The lowest BCUT2D eigenvalue weighted by Gasteiger charge is -2.05. The van der Waals surface area contributed by atoms with Gasteiger partial charge in [-0.1, -0.05) is 26.0 Å². The van der Waals surface area contributed by atoms with E-state index in [1.54, 1.807) is 10.9 Å². The molecule has 0 spiro atoms. The van der Waals surface area contributed by atoms with E-state index in [4.69, 9.17) is 0 Å². The normalized spacial score (nSPS) is 10.9. The number of benzene rings is 1. The lowest BCUT2D eigenvalue weighted by atomic mass is 10.1. The smallest absolute Gasteiger partial charge is 0.153 e. The summed E-state index contributed by atoms with van der Waals surface area (Å²) in [7, 11) is 1.82. The first-order chi connectivity index (χ1) is 8.60. The average molecular weight is 260 g/mol. The number of hydrogen-bond donors (Lipinski definition) is 0. The highest BCUT2D eigenvalue weighted by Crippen LogP contribution is 2.27. The molecule has 2 aromatic rings. The minimum absolute atomic E-state index is 0.566. The van der Waals surface area contributed by atoms with Crippen molar-refractivity contribution >= 4 is 18.0 Å². The van der Waals surface area contributed by atoms with Gasteiger partial charge in [0.15, 0.2) is 6.29 Å². The van der Waals surface area contributed by atoms with Crippen LogP contribution < -0.4 is 0 Å². The Labute approximate surface area is 111 Å². The first-order valence-electron chi connectivity index (χ1n) is 5.86. The van der Waals surface area contributed by atoms with Gasteiger partial charge in [-0.2, -0.15) is 5.10 Å². The molecule has 94 valence electrons. The average Bonchev–Trinajstić information content (AvgIpc) is 2.71. The van der Waals surface area contributed by atoms with Crippen molar-refractivity contribution in [2.75, 3.05) is 0 Å². The van der Waals surface area contributed by atoms with Crippen LogP contribution >= 0.6 is 11.8 Å². The highest BCUT2D eigenvalue weighted by atomic mass is 32.2. The number of aryl methyl sites for hydroxylation is 1. The van der Waals surface area contributed by atoms with Gasteiger partial charge in [0, 0.05) is 29.0 Å². The van der Waals surface area contributed by atoms with Gasteiger partial charge >= 0.3 is 0 Å². The van der Waals surface area contributed by atoms with Crippen LogP contribution in [-0.4, -0.2) is 21.3 Å². The molecular weight excluding hydrogens is 244 g/mol. The maximum Gasteiger partial charge on any atom is 0.153 e. The zero-order valence-electron chi connectivity index (χ0n) is 10.8. The molecule has 0 saturated heterocycles. The van der Waals surface area contributed by atoms with E-state index in [2.05, 4.69) is 31.1 Å². The molecule has 18 heavy (non-hydrogen) atoms. The SMILES string of the molecule is CC(C)Sc1ccc(-c2nn(C)cc2C=O)cc1. The van der Waals surface area contributed by atoms with Gasteiger partial charge in [-0.15, -0.1) is 11.8 Å². The Hall–Kier alpha value is -1.55. The van der Waals surface area contributed by atoms with E-state index in [0.717, 1.165) is 17.5 Å². The van der Waals surface area contributed by atoms with E-state index >= 15 is 0 Å². The number of thioether (sulfide) groups is 1. The molecule has 0 amide bonds. The molecule has 0 unspecified atom stereocenters. The standard InChI is InChI=1S/C14H16N2OS/c1-10(2)18-13-6-4-11(5-7-13)14-12(9-17)8-16(3)15-14/h4-10H,1-3H3. The summed E-state index contributed by atoms with van der Waals surface area (Å²) >= 11 is 1.82. The maximum absolute atomic E-state index is 11.0. The minimum Gasteiger partial charge on any atom is -0.298 e. The summed E-state index contributed by atoms with van der Waals surface area (Å²) in [5.41, 5.74) is 2.35. The number of carbonyl (C=O) groups is 1. The van der Waals surface area contributed by atoms with Crippen LogP contribution in [0.4, 0.5) is 0 Å². The molecule has 3 nitrogen and oxygen atoms in total. The van der Waals surface area contributed by atoms with Crippen LogP contribution in [0.5, 0.6) is 0 Å². The molecule has 0 saturated carbocycles. The monoisotopic (exact) mass is 260 g/mol. The second-order valence-electron chi connectivity index (χ2n) is 4.42. The van der Waals surface area contributed by atoms with Crippen molar-refractivity contribution in [3.05, 3.63) is 36.0 Å². The van der Waals surface area contributed by atoms with Crippen molar-refractivity contribution in [3.63, 3.8) is 0 Å².